The molecular formula is C18H17NO3. The lowest BCUT2D eigenvalue weighted by Gasteiger charge is -2.02. The average molecular weight is 295 g/mol. The summed E-state index contributed by atoms with van der Waals surface area (Å²) in [5.41, 5.74) is 2.45. The Morgan fingerprint density at radius 2 is 1.68 bits per heavy atom. The van der Waals surface area contributed by atoms with Crippen molar-refractivity contribution >= 4 is 17.8 Å². The number of ketones is 1. The topological polar surface area (TPSA) is 66.4 Å². The molecule has 0 unspecified atom stereocenters. The van der Waals surface area contributed by atoms with Crippen LogP contribution in [0.5, 0.6) is 5.75 Å². The molecule has 0 bridgehead atoms. The number of carbonyl (C=O) groups is 2. The molecule has 2 N–H and O–H groups in total. The predicted octanol–water partition coefficient (Wildman–Crippen LogP) is 2.71. The van der Waals surface area contributed by atoms with E-state index in [0.29, 0.717) is 5.56 Å². The van der Waals surface area contributed by atoms with Gasteiger partial charge in [-0.15, -0.1) is 0 Å². The first-order valence-electron chi connectivity index (χ1n) is 6.89. The van der Waals surface area contributed by atoms with E-state index in [1.54, 1.807) is 42.5 Å². The van der Waals surface area contributed by atoms with Gasteiger partial charge in [0.05, 0.1) is 6.54 Å². The first-order chi connectivity index (χ1) is 10.5. The second-order valence-corrected chi connectivity index (χ2v) is 4.93. The number of amides is 1. The van der Waals surface area contributed by atoms with Gasteiger partial charge in [-0.2, -0.15) is 0 Å². The Morgan fingerprint density at radius 3 is 2.32 bits per heavy atom. The molecule has 0 fully saturated rings. The van der Waals surface area contributed by atoms with E-state index in [2.05, 4.69) is 5.32 Å². The molecule has 1 amide bonds. The number of benzene rings is 2. The summed E-state index contributed by atoms with van der Waals surface area (Å²) in [6, 6.07) is 13.7. The third-order valence-corrected chi connectivity index (χ3v) is 3.12. The molecule has 0 radical (unpaired) electrons. The van der Waals surface area contributed by atoms with Crippen LogP contribution in [0.4, 0.5) is 0 Å². The summed E-state index contributed by atoms with van der Waals surface area (Å²) >= 11 is 0. The minimum atomic E-state index is -0.339. The van der Waals surface area contributed by atoms with Crippen molar-refractivity contribution in [3.8, 4) is 5.75 Å². The Bertz CT molecular complexity index is 685. The van der Waals surface area contributed by atoms with Crippen molar-refractivity contribution in [2.45, 2.75) is 6.92 Å². The van der Waals surface area contributed by atoms with Gasteiger partial charge in [-0.05, 0) is 30.7 Å². The fourth-order valence-electron chi connectivity index (χ4n) is 1.83. The van der Waals surface area contributed by atoms with Crippen LogP contribution in [0.1, 0.15) is 21.5 Å². The molecule has 112 valence electrons. The lowest BCUT2D eigenvalue weighted by Crippen LogP contribution is -2.27. The summed E-state index contributed by atoms with van der Waals surface area (Å²) in [7, 11) is 0. The van der Waals surface area contributed by atoms with Crippen molar-refractivity contribution < 1.29 is 14.7 Å². The average Bonchev–Trinajstić information content (AvgIpc) is 2.52. The van der Waals surface area contributed by atoms with E-state index >= 15 is 0 Å². The molecule has 0 aliphatic heterocycles. The largest absolute Gasteiger partial charge is 0.508 e. The minimum Gasteiger partial charge on any atom is -0.508 e. The van der Waals surface area contributed by atoms with Crippen molar-refractivity contribution in [2.75, 3.05) is 6.54 Å². The van der Waals surface area contributed by atoms with Gasteiger partial charge >= 0.3 is 0 Å². The van der Waals surface area contributed by atoms with E-state index in [4.69, 9.17) is 5.11 Å². The number of rotatable bonds is 5. The van der Waals surface area contributed by atoms with Crippen LogP contribution < -0.4 is 5.32 Å². The maximum Gasteiger partial charge on any atom is 0.244 e. The maximum absolute atomic E-state index is 11.9. The predicted molar refractivity (Wildman–Crippen MR) is 85.7 cm³/mol. The molecule has 0 aliphatic carbocycles. The quantitative estimate of drug-likeness (QED) is 0.658. The van der Waals surface area contributed by atoms with Crippen LogP contribution in [0.2, 0.25) is 0 Å². The second kappa shape index (κ2) is 7.22. The number of Topliss-reactive ketones (excluding diaryl/α,β-unsaturated/α-hetero) is 1. The molecule has 2 aromatic rings. The Balaban J connectivity index is 1.86. The highest BCUT2D eigenvalue weighted by molar-refractivity contribution is 6.01. The molecule has 4 nitrogen and oxygen atoms in total. The van der Waals surface area contributed by atoms with Crippen molar-refractivity contribution in [3.63, 3.8) is 0 Å². The summed E-state index contributed by atoms with van der Waals surface area (Å²) in [6.45, 7) is 1.91. The number of hydrogen-bond donors (Lipinski definition) is 2. The summed E-state index contributed by atoms with van der Waals surface area (Å²) < 4.78 is 0. The zero-order valence-corrected chi connectivity index (χ0v) is 12.2. The van der Waals surface area contributed by atoms with Gasteiger partial charge in [0.25, 0.3) is 0 Å². The Labute approximate surface area is 129 Å². The van der Waals surface area contributed by atoms with Gasteiger partial charge in [0.15, 0.2) is 5.78 Å². The normalized spacial score (nSPS) is 10.6. The second-order valence-electron chi connectivity index (χ2n) is 4.93. The molecule has 4 heteroatoms. The highest BCUT2D eigenvalue weighted by atomic mass is 16.3. The van der Waals surface area contributed by atoms with Crippen molar-refractivity contribution in [2.24, 2.45) is 0 Å². The van der Waals surface area contributed by atoms with Crippen molar-refractivity contribution in [1.29, 1.82) is 0 Å². The summed E-state index contributed by atoms with van der Waals surface area (Å²) in [5.74, 6) is -0.301. The van der Waals surface area contributed by atoms with Crippen LogP contribution in [0, 0.1) is 6.92 Å². The summed E-state index contributed by atoms with van der Waals surface area (Å²) in [5, 5.41) is 11.7. The lowest BCUT2D eigenvalue weighted by molar-refractivity contribution is -0.116. The Morgan fingerprint density at radius 1 is 1.05 bits per heavy atom. The molecule has 2 rings (SSSR count). The molecule has 2 aromatic carbocycles. The molecule has 0 saturated heterocycles. The monoisotopic (exact) mass is 295 g/mol. The SMILES string of the molecule is Cc1ccc(C(=O)CNC(=O)/C=C/c2ccc(O)cc2)cc1. The number of carbonyl (C=O) groups excluding carboxylic acids is 2. The number of aromatic hydroxyl groups is 1. The first kappa shape index (κ1) is 15.5. The standard InChI is InChI=1S/C18H17NO3/c1-13-2-7-15(8-3-13)17(21)12-19-18(22)11-6-14-4-9-16(20)10-5-14/h2-11,20H,12H2,1H3,(H,19,22)/b11-6+. The van der Waals surface area contributed by atoms with E-state index < -0.39 is 0 Å². The van der Waals surface area contributed by atoms with Crippen LogP contribution >= 0.6 is 0 Å². The zero-order chi connectivity index (χ0) is 15.9. The number of aryl methyl sites for hydroxylation is 1. The molecule has 0 spiro atoms. The fraction of sp³-hybridized carbons (Fsp3) is 0.111. The molecule has 22 heavy (non-hydrogen) atoms. The van der Waals surface area contributed by atoms with Crippen molar-refractivity contribution in [1.82, 2.24) is 5.32 Å². The third kappa shape index (κ3) is 4.59. The van der Waals surface area contributed by atoms with Gasteiger partial charge in [-0.3, -0.25) is 9.59 Å². The summed E-state index contributed by atoms with van der Waals surface area (Å²) in [4.78, 5) is 23.6. The van der Waals surface area contributed by atoms with E-state index in [1.165, 1.54) is 6.08 Å². The summed E-state index contributed by atoms with van der Waals surface area (Å²) in [6.07, 6.45) is 2.97. The Hall–Kier alpha value is -2.88. The van der Waals surface area contributed by atoms with Gasteiger partial charge < -0.3 is 10.4 Å². The number of hydrogen-bond acceptors (Lipinski definition) is 3. The zero-order valence-electron chi connectivity index (χ0n) is 12.2. The first-order valence-corrected chi connectivity index (χ1v) is 6.89. The number of phenolic OH excluding ortho intramolecular Hbond substituents is 1. The smallest absolute Gasteiger partial charge is 0.244 e. The van der Waals surface area contributed by atoms with E-state index in [0.717, 1.165) is 11.1 Å². The molecule has 0 heterocycles. The third-order valence-electron chi connectivity index (χ3n) is 3.12. The van der Waals surface area contributed by atoms with Gasteiger partial charge in [0, 0.05) is 11.6 Å². The van der Waals surface area contributed by atoms with Crippen LogP contribution in [0.25, 0.3) is 6.08 Å². The van der Waals surface area contributed by atoms with Crippen LogP contribution in [-0.2, 0) is 4.79 Å². The van der Waals surface area contributed by atoms with E-state index in [9.17, 15) is 9.59 Å². The molecule has 0 saturated carbocycles. The van der Waals surface area contributed by atoms with E-state index in [1.807, 2.05) is 19.1 Å². The highest BCUT2D eigenvalue weighted by Crippen LogP contribution is 2.10. The van der Waals surface area contributed by atoms with Gasteiger partial charge in [0.1, 0.15) is 5.75 Å². The Kier molecular flexibility index (Phi) is 5.09. The molecule has 0 aliphatic rings. The number of nitrogens with one attached hydrogen (secondary N) is 1. The highest BCUT2D eigenvalue weighted by Gasteiger charge is 2.06. The minimum absolute atomic E-state index is 0.0399. The van der Waals surface area contributed by atoms with E-state index in [-0.39, 0.29) is 24.0 Å². The molecular weight excluding hydrogens is 278 g/mol. The van der Waals surface area contributed by atoms with Crippen LogP contribution in [-0.4, -0.2) is 23.3 Å². The van der Waals surface area contributed by atoms with Crippen molar-refractivity contribution in [3.05, 3.63) is 71.3 Å². The van der Waals surface area contributed by atoms with Gasteiger partial charge in [-0.25, -0.2) is 0 Å². The lowest BCUT2D eigenvalue weighted by atomic mass is 10.1. The van der Waals surface area contributed by atoms with Crippen LogP contribution in [0.3, 0.4) is 0 Å². The maximum atomic E-state index is 11.9. The number of phenols is 1. The fourth-order valence-corrected chi connectivity index (χ4v) is 1.83. The van der Waals surface area contributed by atoms with Crippen LogP contribution in [0.15, 0.2) is 54.6 Å². The van der Waals surface area contributed by atoms with Gasteiger partial charge in [0.2, 0.25) is 5.91 Å². The van der Waals surface area contributed by atoms with Gasteiger partial charge in [-0.1, -0.05) is 42.0 Å². The molecule has 0 atom stereocenters. The molecule has 0 aromatic heterocycles.